The van der Waals surface area contributed by atoms with Crippen LogP contribution in [0.5, 0.6) is 0 Å². The summed E-state index contributed by atoms with van der Waals surface area (Å²) >= 11 is 5.18. The number of nitrogens with one attached hydrogen (secondary N) is 2. The molecular weight excluding hydrogens is 685 g/mol. The van der Waals surface area contributed by atoms with Crippen LogP contribution in [0.3, 0.4) is 0 Å². The molecule has 0 aliphatic carbocycles. The summed E-state index contributed by atoms with van der Waals surface area (Å²) in [7, 11) is 1.09. The van der Waals surface area contributed by atoms with Crippen molar-refractivity contribution in [2.45, 2.75) is 66.8 Å². The minimum Gasteiger partial charge on any atom is -0.480 e. The van der Waals surface area contributed by atoms with Gasteiger partial charge in [0.15, 0.2) is 0 Å². The highest BCUT2D eigenvalue weighted by Gasteiger charge is 2.34. The summed E-state index contributed by atoms with van der Waals surface area (Å²) in [6.07, 6.45) is 0. The predicted octanol–water partition coefficient (Wildman–Crippen LogP) is 1.08. The molecule has 17 heteroatoms. The number of methoxy groups -OCH3 is 2. The van der Waals surface area contributed by atoms with Gasteiger partial charge in [0.05, 0.1) is 26.4 Å². The first-order chi connectivity index (χ1) is 24.1. The molecule has 5 N–H and O–H groups in total. The quantitative estimate of drug-likeness (QED) is 0.0851. The van der Waals surface area contributed by atoms with Crippen LogP contribution in [0.1, 0.15) is 70.7 Å². The van der Waals surface area contributed by atoms with Crippen molar-refractivity contribution in [1.29, 1.82) is 0 Å². The molecule has 0 aromatic heterocycles. The van der Waals surface area contributed by atoms with E-state index in [1.165, 1.54) is 7.11 Å². The number of alkyl halides is 1. The lowest BCUT2D eigenvalue weighted by Crippen LogP contribution is -2.46. The van der Waals surface area contributed by atoms with Gasteiger partial charge in [-0.05, 0) is 71.0 Å². The Balaban J connectivity index is 0.000000316. The van der Waals surface area contributed by atoms with Crippen LogP contribution >= 0.6 is 11.6 Å². The smallest absolute Gasteiger partial charge is 0.480 e. The Hall–Kier alpha value is -3.50. The first-order valence-corrected chi connectivity index (χ1v) is 17.0. The lowest BCUT2D eigenvalue weighted by Gasteiger charge is -2.21. The number of hydrogen-bond donors (Lipinski definition) is 5. The Morgan fingerprint density at radius 1 is 0.765 bits per heavy atom. The molecule has 280 valence electrons. The van der Waals surface area contributed by atoms with Crippen LogP contribution in [-0.4, -0.2) is 105 Å². The van der Waals surface area contributed by atoms with Gasteiger partial charge in [-0.3, -0.25) is 9.59 Å². The highest BCUT2D eigenvalue weighted by Crippen LogP contribution is 2.18. The third-order valence-corrected chi connectivity index (χ3v) is 8.38. The summed E-state index contributed by atoms with van der Waals surface area (Å²) in [5, 5.41) is 34.1. The summed E-state index contributed by atoms with van der Waals surface area (Å²) in [5.41, 5.74) is 4.94. The monoisotopic (exact) mass is 734 g/mol. The summed E-state index contributed by atoms with van der Waals surface area (Å²) in [4.78, 5) is 48.3. The number of amides is 2. The zero-order valence-corrected chi connectivity index (χ0v) is 31.2. The zero-order chi connectivity index (χ0) is 38.4. The van der Waals surface area contributed by atoms with Gasteiger partial charge in [-0.2, -0.15) is 0 Å². The van der Waals surface area contributed by atoms with E-state index in [-0.39, 0.29) is 24.3 Å². The van der Waals surface area contributed by atoms with Crippen LogP contribution in [-0.2, 0) is 46.3 Å². The molecule has 0 spiro atoms. The molecule has 2 amide bonds. The molecule has 0 saturated carbocycles. The van der Waals surface area contributed by atoms with E-state index in [2.05, 4.69) is 15.4 Å². The Kier molecular flexibility index (Phi) is 18.1. The van der Waals surface area contributed by atoms with E-state index in [0.717, 1.165) is 11.1 Å². The molecule has 2 aromatic carbocycles. The number of fused-ring (bicyclic) bond motifs is 2. The number of carbonyl (C=O) groups is 4. The van der Waals surface area contributed by atoms with Crippen molar-refractivity contribution in [3.8, 4) is 0 Å². The molecule has 2 aliphatic heterocycles. The van der Waals surface area contributed by atoms with Gasteiger partial charge in [-0.1, -0.05) is 39.8 Å². The number of benzene rings is 2. The van der Waals surface area contributed by atoms with E-state index in [1.807, 2.05) is 13.8 Å². The van der Waals surface area contributed by atoms with Gasteiger partial charge in [0.1, 0.15) is 18.7 Å². The van der Waals surface area contributed by atoms with Gasteiger partial charge in [0.2, 0.25) is 0 Å². The molecule has 0 saturated heterocycles. The fourth-order valence-corrected chi connectivity index (χ4v) is 5.50. The second kappa shape index (κ2) is 21.1. The molecule has 2 heterocycles. The van der Waals surface area contributed by atoms with Crippen LogP contribution in [0.25, 0.3) is 0 Å². The maximum Gasteiger partial charge on any atom is 0.492 e. The van der Waals surface area contributed by atoms with Gasteiger partial charge >= 0.3 is 26.2 Å². The summed E-state index contributed by atoms with van der Waals surface area (Å²) in [6.45, 7) is 12.3. The second-order valence-electron chi connectivity index (χ2n) is 12.5. The number of aliphatic carboxylic acids is 1. The largest absolute Gasteiger partial charge is 0.492 e. The lowest BCUT2D eigenvalue weighted by molar-refractivity contribution is -0.148. The number of esters is 1. The fourth-order valence-electron chi connectivity index (χ4n) is 5.35. The summed E-state index contributed by atoms with van der Waals surface area (Å²) < 4.78 is 24.9. The van der Waals surface area contributed by atoms with Crippen molar-refractivity contribution >= 4 is 60.5 Å². The van der Waals surface area contributed by atoms with E-state index in [9.17, 15) is 29.2 Å². The van der Waals surface area contributed by atoms with Crippen LogP contribution in [0, 0.1) is 25.7 Å². The Labute approximate surface area is 304 Å². The SMILES string of the molecule is COCCCl.COCCOC(=O)[C@@H](NC(=O)c1ccc2c(c1C)B(O)OC2)C(C)C.Cc1c(C(=O)N[C@H](C(=O)O)C(C)C)ccc2c1B(O)OC2. The van der Waals surface area contributed by atoms with Gasteiger partial charge < -0.3 is 49.3 Å². The van der Waals surface area contributed by atoms with Gasteiger partial charge in [0, 0.05) is 31.2 Å². The van der Waals surface area contributed by atoms with E-state index < -0.39 is 44.2 Å². The van der Waals surface area contributed by atoms with Gasteiger partial charge in [-0.15, -0.1) is 11.6 Å². The average molecular weight is 735 g/mol. The Morgan fingerprint density at radius 3 is 1.55 bits per heavy atom. The van der Waals surface area contributed by atoms with Crippen molar-refractivity contribution < 1.29 is 57.9 Å². The maximum absolute atomic E-state index is 12.7. The maximum atomic E-state index is 12.7. The number of carbonyl (C=O) groups excluding carboxylic acids is 3. The second-order valence-corrected chi connectivity index (χ2v) is 12.9. The van der Waals surface area contributed by atoms with Gasteiger partial charge in [-0.25, -0.2) is 9.59 Å². The van der Waals surface area contributed by atoms with Crippen molar-refractivity contribution in [2.75, 3.05) is 39.9 Å². The number of carboxylic acids is 1. The molecule has 0 radical (unpaired) electrons. The average Bonchev–Trinajstić information content (AvgIpc) is 3.65. The lowest BCUT2D eigenvalue weighted by atomic mass is 9.75. The molecule has 14 nitrogen and oxygen atoms in total. The number of hydrogen-bond acceptors (Lipinski definition) is 11. The third kappa shape index (κ3) is 12.0. The molecule has 4 rings (SSSR count). The molecule has 2 aliphatic rings. The Bertz CT molecular complexity index is 1510. The van der Waals surface area contributed by atoms with Crippen LogP contribution < -0.4 is 21.6 Å². The first kappa shape index (κ1) is 43.7. The van der Waals surface area contributed by atoms with Crippen molar-refractivity contribution in [3.05, 3.63) is 57.6 Å². The number of ether oxygens (including phenoxy) is 3. The summed E-state index contributed by atoms with van der Waals surface area (Å²) in [5.74, 6) is -2.19. The standard InChI is InChI=1S/C17H24BNO6.C14H18BNO5.C3H7ClO/c1-10(2)15(17(21)24-8-7-23-4)19-16(20)13-6-5-12-9-25-18(22)14(12)11(13)3;1-7(2)12(14(18)19)16-13(17)10-5-4-9-6-21-15(20)11(9)8(10)3;1-5-3-2-4/h5-6,10,15,22H,7-9H2,1-4H3,(H,19,20);4-5,7,12,20H,6H2,1-3H3,(H,16,17)(H,18,19);2-3H2,1H3/t15-;12-;/m00./s1. The van der Waals surface area contributed by atoms with Gasteiger partial charge in [0.25, 0.3) is 11.8 Å². The minimum absolute atomic E-state index is 0.135. The molecule has 0 unspecified atom stereocenters. The van der Waals surface area contributed by atoms with Crippen LogP contribution in [0.15, 0.2) is 24.3 Å². The van der Waals surface area contributed by atoms with E-state index in [1.54, 1.807) is 59.1 Å². The van der Waals surface area contributed by atoms with Crippen LogP contribution in [0.4, 0.5) is 0 Å². The normalized spacial score (nSPS) is 14.1. The third-order valence-electron chi connectivity index (χ3n) is 8.23. The predicted molar refractivity (Wildman–Crippen MR) is 192 cm³/mol. The summed E-state index contributed by atoms with van der Waals surface area (Å²) in [6, 6.07) is 5.07. The molecule has 0 bridgehead atoms. The Morgan fingerprint density at radius 2 is 1.20 bits per heavy atom. The van der Waals surface area contributed by atoms with Crippen molar-refractivity contribution in [1.82, 2.24) is 10.6 Å². The van der Waals surface area contributed by atoms with Crippen molar-refractivity contribution in [2.24, 2.45) is 11.8 Å². The van der Waals surface area contributed by atoms with E-state index in [4.69, 9.17) is 35.5 Å². The highest BCUT2D eigenvalue weighted by molar-refractivity contribution is 6.62. The fraction of sp³-hybridized carbons (Fsp3) is 0.529. The number of carboxylic acid groups (broad SMARTS) is 1. The molecule has 2 aromatic rings. The minimum atomic E-state index is -1.07. The van der Waals surface area contributed by atoms with Crippen LogP contribution in [0.2, 0.25) is 0 Å². The first-order valence-electron chi connectivity index (χ1n) is 16.5. The molecule has 0 fully saturated rings. The van der Waals surface area contributed by atoms with E-state index >= 15 is 0 Å². The number of halogens is 1. The molecule has 2 atom stereocenters. The molecule has 51 heavy (non-hydrogen) atoms. The highest BCUT2D eigenvalue weighted by atomic mass is 35.5. The number of rotatable bonds is 13. The zero-order valence-electron chi connectivity index (χ0n) is 30.4. The topological polar surface area (TPSA) is 199 Å². The van der Waals surface area contributed by atoms with E-state index in [0.29, 0.717) is 65.5 Å². The molecular formula is C34H49B2ClN2O12. The van der Waals surface area contributed by atoms with Crippen molar-refractivity contribution in [3.63, 3.8) is 0 Å².